The highest BCUT2D eigenvalue weighted by atomic mass is 16.5. The second-order valence-electron chi connectivity index (χ2n) is 4.63. The molecule has 0 spiro atoms. The Labute approximate surface area is 106 Å². The van der Waals surface area contributed by atoms with Crippen LogP contribution < -0.4 is 0 Å². The topological polar surface area (TPSA) is 38.7 Å². The van der Waals surface area contributed by atoms with Gasteiger partial charge in [0, 0.05) is 23.1 Å². The molecule has 1 unspecified atom stereocenters. The van der Waals surface area contributed by atoms with Crippen LogP contribution in [0.2, 0.25) is 0 Å². The summed E-state index contributed by atoms with van der Waals surface area (Å²) in [6.07, 6.45) is 1.80. The number of ether oxygens (including phenoxy) is 1. The summed E-state index contributed by atoms with van der Waals surface area (Å²) < 4.78 is 5.32. The van der Waals surface area contributed by atoms with Crippen LogP contribution in [0.25, 0.3) is 0 Å². The molecule has 1 aliphatic heterocycles. The van der Waals surface area contributed by atoms with Gasteiger partial charge < -0.3 is 4.74 Å². The minimum Gasteiger partial charge on any atom is -0.492 e. The Morgan fingerprint density at radius 2 is 2.06 bits per heavy atom. The van der Waals surface area contributed by atoms with Crippen LogP contribution in [-0.2, 0) is 4.74 Å². The van der Waals surface area contributed by atoms with Crippen LogP contribution in [0.1, 0.15) is 35.7 Å². The molecule has 1 aromatic rings. The lowest BCUT2D eigenvalue weighted by atomic mass is 9.87. The van der Waals surface area contributed by atoms with Gasteiger partial charge in [-0.25, -0.2) is 0 Å². The molecule has 0 saturated carbocycles. The second-order valence-corrected chi connectivity index (χ2v) is 4.63. The molecule has 0 saturated heterocycles. The number of benzene rings is 1. The molecule has 0 fully saturated rings. The largest absolute Gasteiger partial charge is 0.492 e. The molecule has 92 valence electrons. The Kier molecular flexibility index (Phi) is 2.54. The lowest BCUT2D eigenvalue weighted by Gasteiger charge is -2.19. The van der Waals surface area contributed by atoms with Gasteiger partial charge in [0.25, 0.3) is 0 Å². The summed E-state index contributed by atoms with van der Waals surface area (Å²) >= 11 is 0. The fourth-order valence-electron chi connectivity index (χ4n) is 2.67. The highest BCUT2D eigenvalue weighted by Crippen LogP contribution is 2.35. The summed E-state index contributed by atoms with van der Waals surface area (Å²) in [5, 5.41) is 0. The average molecular weight is 241 g/mol. The zero-order chi connectivity index (χ0) is 12.7. The summed E-state index contributed by atoms with van der Waals surface area (Å²) in [6.45, 7) is 2.12. The number of methoxy groups -OCH3 is 1. The summed E-state index contributed by atoms with van der Waals surface area (Å²) in [4.78, 5) is 17.1. The smallest absolute Gasteiger partial charge is 0.228 e. The molecule has 0 amide bonds. The number of ketones is 1. The molecule has 1 heterocycles. The average Bonchev–Trinajstić information content (AvgIpc) is 2.84. The molecular weight excluding hydrogens is 226 g/mol. The maximum Gasteiger partial charge on any atom is 0.228 e. The van der Waals surface area contributed by atoms with Gasteiger partial charge in [0.05, 0.1) is 18.9 Å². The van der Waals surface area contributed by atoms with Gasteiger partial charge in [-0.2, -0.15) is 0 Å². The van der Waals surface area contributed by atoms with Crippen LogP contribution in [0, 0.1) is 0 Å². The third-order valence-corrected chi connectivity index (χ3v) is 3.62. The number of carbonyl (C=O) groups excluding carboxylic acids is 1. The first kappa shape index (κ1) is 11.2. The van der Waals surface area contributed by atoms with Gasteiger partial charge in [0.2, 0.25) is 5.78 Å². The number of rotatable bonds is 2. The Hall–Kier alpha value is -1.90. The number of Topliss-reactive ketones (excluding diaryl/α,β-unsaturated/α-hetero) is 1. The minimum atomic E-state index is -0.0150. The summed E-state index contributed by atoms with van der Waals surface area (Å²) in [5.74, 6) is 0.460. The fourth-order valence-corrected chi connectivity index (χ4v) is 2.67. The second kappa shape index (κ2) is 4.09. The highest BCUT2D eigenvalue weighted by molar-refractivity contribution is 6.28. The number of carbonyl (C=O) groups is 1. The van der Waals surface area contributed by atoms with E-state index in [1.54, 1.807) is 7.11 Å². The van der Waals surface area contributed by atoms with Crippen LogP contribution in [-0.4, -0.2) is 24.6 Å². The Bertz CT molecular complexity index is 584. The van der Waals surface area contributed by atoms with Crippen molar-refractivity contribution in [2.24, 2.45) is 4.99 Å². The zero-order valence-corrected chi connectivity index (χ0v) is 10.6. The number of hydrogen-bond acceptors (Lipinski definition) is 3. The molecule has 1 aliphatic carbocycles. The van der Waals surface area contributed by atoms with E-state index in [-0.39, 0.29) is 11.8 Å². The number of allylic oxidation sites excluding steroid dienone is 1. The summed E-state index contributed by atoms with van der Waals surface area (Å²) in [7, 11) is 1.56. The molecule has 0 radical (unpaired) electrons. The molecule has 1 atom stereocenters. The lowest BCUT2D eigenvalue weighted by Crippen LogP contribution is -2.21. The predicted molar refractivity (Wildman–Crippen MR) is 70.0 cm³/mol. The molecule has 18 heavy (non-hydrogen) atoms. The monoisotopic (exact) mass is 241 g/mol. The van der Waals surface area contributed by atoms with Crippen LogP contribution >= 0.6 is 0 Å². The van der Waals surface area contributed by atoms with Crippen LogP contribution in [0.15, 0.2) is 40.6 Å². The van der Waals surface area contributed by atoms with Crippen LogP contribution in [0.4, 0.5) is 0 Å². The maximum absolute atomic E-state index is 12.3. The van der Waals surface area contributed by atoms with E-state index in [4.69, 9.17) is 9.73 Å². The van der Waals surface area contributed by atoms with Gasteiger partial charge in [0.1, 0.15) is 0 Å². The van der Waals surface area contributed by atoms with Crippen molar-refractivity contribution in [3.8, 4) is 0 Å². The first-order chi connectivity index (χ1) is 8.76. The number of nitrogens with zero attached hydrogens (tertiary/aromatic N) is 1. The van der Waals surface area contributed by atoms with Crippen molar-refractivity contribution in [2.45, 2.75) is 25.8 Å². The Morgan fingerprint density at radius 3 is 2.72 bits per heavy atom. The van der Waals surface area contributed by atoms with Crippen molar-refractivity contribution in [1.29, 1.82) is 0 Å². The molecule has 3 rings (SSSR count). The summed E-state index contributed by atoms with van der Waals surface area (Å²) in [6, 6.07) is 7.91. The van der Waals surface area contributed by atoms with E-state index in [1.165, 1.54) is 0 Å². The van der Waals surface area contributed by atoms with E-state index in [2.05, 4.69) is 6.92 Å². The quantitative estimate of drug-likeness (QED) is 0.798. The Morgan fingerprint density at radius 1 is 1.33 bits per heavy atom. The molecule has 1 aromatic carbocycles. The van der Waals surface area contributed by atoms with Crippen molar-refractivity contribution < 1.29 is 9.53 Å². The molecule has 2 aliphatic rings. The van der Waals surface area contributed by atoms with Gasteiger partial charge in [0.15, 0.2) is 5.76 Å². The molecule has 3 heteroatoms. The third kappa shape index (κ3) is 1.43. The van der Waals surface area contributed by atoms with Gasteiger partial charge in [-0.15, -0.1) is 0 Å². The fraction of sp³-hybridized carbons (Fsp3) is 0.333. The SMILES string of the molecule is CCC1CC2=C(OC)C(=O)c3ccccc3C2=N1. The predicted octanol–water partition coefficient (Wildman–Crippen LogP) is 2.75. The van der Waals surface area contributed by atoms with Gasteiger partial charge in [-0.05, 0) is 6.42 Å². The van der Waals surface area contributed by atoms with Crippen molar-refractivity contribution in [1.82, 2.24) is 0 Å². The molecule has 0 N–H and O–H groups in total. The van der Waals surface area contributed by atoms with Crippen molar-refractivity contribution in [3.63, 3.8) is 0 Å². The van der Waals surface area contributed by atoms with Gasteiger partial charge in [-0.1, -0.05) is 31.2 Å². The Balaban J connectivity index is 2.23. The maximum atomic E-state index is 12.3. The van der Waals surface area contributed by atoms with Crippen molar-refractivity contribution >= 4 is 11.5 Å². The molecule has 0 bridgehead atoms. The molecular formula is C15H15NO2. The zero-order valence-electron chi connectivity index (χ0n) is 10.6. The lowest BCUT2D eigenvalue weighted by molar-refractivity contribution is 0.0949. The third-order valence-electron chi connectivity index (χ3n) is 3.62. The first-order valence-corrected chi connectivity index (χ1v) is 6.25. The van der Waals surface area contributed by atoms with Crippen LogP contribution in [0.3, 0.4) is 0 Å². The van der Waals surface area contributed by atoms with E-state index in [9.17, 15) is 4.79 Å². The van der Waals surface area contributed by atoms with E-state index in [1.807, 2.05) is 24.3 Å². The standard InChI is InChI=1S/C15H15NO2/c1-3-9-8-12-13(16-9)10-6-4-5-7-11(10)14(17)15(12)18-2/h4-7,9H,3,8H2,1-2H3. The first-order valence-electron chi connectivity index (χ1n) is 6.25. The number of fused-ring (bicyclic) bond motifs is 3. The molecule has 0 aromatic heterocycles. The van der Waals surface area contributed by atoms with Gasteiger partial charge in [-0.3, -0.25) is 9.79 Å². The summed E-state index contributed by atoms with van der Waals surface area (Å²) in [5.41, 5.74) is 3.59. The molecule has 3 nitrogen and oxygen atoms in total. The van der Waals surface area contributed by atoms with E-state index in [0.29, 0.717) is 11.3 Å². The normalized spacial score (nSPS) is 21.6. The number of hydrogen-bond donors (Lipinski definition) is 0. The highest BCUT2D eigenvalue weighted by Gasteiger charge is 2.35. The van der Waals surface area contributed by atoms with E-state index >= 15 is 0 Å². The van der Waals surface area contributed by atoms with Gasteiger partial charge >= 0.3 is 0 Å². The van der Waals surface area contributed by atoms with Crippen molar-refractivity contribution in [3.05, 3.63) is 46.7 Å². The van der Waals surface area contributed by atoms with Crippen molar-refractivity contribution in [2.75, 3.05) is 7.11 Å². The number of aliphatic imine (C=N–C) groups is 1. The van der Waals surface area contributed by atoms with E-state index < -0.39 is 0 Å². The van der Waals surface area contributed by atoms with Crippen LogP contribution in [0.5, 0.6) is 0 Å². The van der Waals surface area contributed by atoms with E-state index in [0.717, 1.165) is 29.7 Å². The minimum absolute atomic E-state index is 0.0150.